The van der Waals surface area contributed by atoms with E-state index >= 15 is 0 Å². The van der Waals surface area contributed by atoms with E-state index < -0.39 is 0 Å². The summed E-state index contributed by atoms with van der Waals surface area (Å²) in [7, 11) is 2.20. The Morgan fingerprint density at radius 3 is 2.23 bits per heavy atom. The van der Waals surface area contributed by atoms with Gasteiger partial charge in [0.25, 0.3) is 0 Å². The number of unbranched alkanes of at least 4 members (excludes halogenated alkanes) is 2. The quantitative estimate of drug-likeness (QED) is 0.630. The van der Waals surface area contributed by atoms with E-state index in [0.29, 0.717) is 6.04 Å². The van der Waals surface area contributed by atoms with Gasteiger partial charge in [0.1, 0.15) is 0 Å². The average Bonchev–Trinajstić information content (AvgIpc) is 2.16. The highest BCUT2D eigenvalue weighted by atomic mass is 15.1. The standard InChI is InChI=1S/C11H26N2/c1-4-6-8-11(10-12)13(3)9-7-5-2/h11H,4-10,12H2,1-3H3. The van der Waals surface area contributed by atoms with Crippen LogP contribution >= 0.6 is 0 Å². The lowest BCUT2D eigenvalue weighted by molar-refractivity contribution is 0.228. The fourth-order valence-electron chi connectivity index (χ4n) is 1.55. The van der Waals surface area contributed by atoms with Gasteiger partial charge < -0.3 is 10.6 Å². The molecule has 0 heterocycles. The first-order valence-corrected chi connectivity index (χ1v) is 5.66. The third-order valence-corrected chi connectivity index (χ3v) is 2.65. The molecule has 1 unspecified atom stereocenters. The van der Waals surface area contributed by atoms with Crippen molar-refractivity contribution >= 4 is 0 Å². The SMILES string of the molecule is CCCCC(CN)N(C)CCCC. The summed E-state index contributed by atoms with van der Waals surface area (Å²) in [6.45, 7) is 6.47. The first-order chi connectivity index (χ1) is 6.26. The number of rotatable bonds is 8. The third-order valence-electron chi connectivity index (χ3n) is 2.65. The predicted octanol–water partition coefficient (Wildman–Crippen LogP) is 2.24. The molecule has 0 aliphatic heterocycles. The fraction of sp³-hybridized carbons (Fsp3) is 1.00. The van der Waals surface area contributed by atoms with Crippen molar-refractivity contribution in [2.75, 3.05) is 20.1 Å². The van der Waals surface area contributed by atoms with E-state index in [0.717, 1.165) is 6.54 Å². The lowest BCUT2D eigenvalue weighted by atomic mass is 10.1. The normalized spacial score (nSPS) is 13.6. The van der Waals surface area contributed by atoms with Crippen LogP contribution in [-0.2, 0) is 0 Å². The Balaban J connectivity index is 3.63. The van der Waals surface area contributed by atoms with Crippen LogP contribution in [0.25, 0.3) is 0 Å². The van der Waals surface area contributed by atoms with Gasteiger partial charge >= 0.3 is 0 Å². The van der Waals surface area contributed by atoms with Gasteiger partial charge in [-0.05, 0) is 26.4 Å². The van der Waals surface area contributed by atoms with Crippen LogP contribution in [0.3, 0.4) is 0 Å². The average molecular weight is 186 g/mol. The maximum atomic E-state index is 5.74. The zero-order valence-electron chi connectivity index (χ0n) is 9.55. The first-order valence-electron chi connectivity index (χ1n) is 5.66. The van der Waals surface area contributed by atoms with E-state index in [9.17, 15) is 0 Å². The molecule has 0 aromatic rings. The summed E-state index contributed by atoms with van der Waals surface area (Å²) in [5.41, 5.74) is 5.74. The molecule has 80 valence electrons. The maximum absolute atomic E-state index is 5.74. The van der Waals surface area contributed by atoms with Crippen molar-refractivity contribution in [1.29, 1.82) is 0 Å². The lowest BCUT2D eigenvalue weighted by Crippen LogP contribution is -2.38. The smallest absolute Gasteiger partial charge is 0.0215 e. The van der Waals surface area contributed by atoms with Crippen molar-refractivity contribution in [3.05, 3.63) is 0 Å². The Labute approximate surface area is 83.5 Å². The molecule has 13 heavy (non-hydrogen) atoms. The topological polar surface area (TPSA) is 29.3 Å². The highest BCUT2D eigenvalue weighted by Crippen LogP contribution is 2.06. The van der Waals surface area contributed by atoms with Gasteiger partial charge in [0, 0.05) is 12.6 Å². The maximum Gasteiger partial charge on any atom is 0.0215 e. The van der Waals surface area contributed by atoms with Gasteiger partial charge in [0.05, 0.1) is 0 Å². The van der Waals surface area contributed by atoms with Crippen molar-refractivity contribution in [2.45, 2.75) is 52.0 Å². The first kappa shape index (κ1) is 12.9. The van der Waals surface area contributed by atoms with Crippen LogP contribution in [0.5, 0.6) is 0 Å². The molecule has 0 radical (unpaired) electrons. The monoisotopic (exact) mass is 186 g/mol. The van der Waals surface area contributed by atoms with Crippen molar-refractivity contribution in [2.24, 2.45) is 5.73 Å². The van der Waals surface area contributed by atoms with Crippen LogP contribution in [0.4, 0.5) is 0 Å². The van der Waals surface area contributed by atoms with Gasteiger partial charge in [-0.2, -0.15) is 0 Å². The summed E-state index contributed by atoms with van der Waals surface area (Å²) in [5, 5.41) is 0. The molecule has 0 saturated carbocycles. The summed E-state index contributed by atoms with van der Waals surface area (Å²) in [6, 6.07) is 0.603. The van der Waals surface area contributed by atoms with Crippen LogP contribution in [0.1, 0.15) is 46.0 Å². The minimum atomic E-state index is 0.603. The third kappa shape index (κ3) is 6.05. The molecule has 1 atom stereocenters. The summed E-state index contributed by atoms with van der Waals surface area (Å²) in [4.78, 5) is 2.42. The van der Waals surface area contributed by atoms with E-state index in [-0.39, 0.29) is 0 Å². The molecule has 0 rings (SSSR count). The van der Waals surface area contributed by atoms with Crippen molar-refractivity contribution < 1.29 is 0 Å². The Morgan fingerprint density at radius 1 is 1.15 bits per heavy atom. The second kappa shape index (κ2) is 8.52. The molecule has 0 bridgehead atoms. The van der Waals surface area contributed by atoms with Crippen LogP contribution in [0.15, 0.2) is 0 Å². The molecule has 0 amide bonds. The highest BCUT2D eigenvalue weighted by Gasteiger charge is 2.10. The van der Waals surface area contributed by atoms with E-state index in [2.05, 4.69) is 25.8 Å². The summed E-state index contributed by atoms with van der Waals surface area (Å²) in [5.74, 6) is 0. The molecular weight excluding hydrogens is 160 g/mol. The summed E-state index contributed by atoms with van der Waals surface area (Å²) in [6.07, 6.45) is 6.40. The predicted molar refractivity (Wildman–Crippen MR) is 59.9 cm³/mol. The van der Waals surface area contributed by atoms with Gasteiger partial charge in [-0.25, -0.2) is 0 Å². The van der Waals surface area contributed by atoms with Crippen LogP contribution in [0.2, 0.25) is 0 Å². The van der Waals surface area contributed by atoms with E-state index in [1.54, 1.807) is 0 Å². The largest absolute Gasteiger partial charge is 0.329 e. The molecular formula is C11H26N2. The second-order valence-electron chi connectivity index (χ2n) is 3.87. The van der Waals surface area contributed by atoms with E-state index in [1.165, 1.54) is 38.6 Å². The molecule has 0 saturated heterocycles. The zero-order chi connectivity index (χ0) is 10.1. The number of likely N-dealkylation sites (N-methyl/N-ethyl adjacent to an activating group) is 1. The van der Waals surface area contributed by atoms with Crippen molar-refractivity contribution in [3.63, 3.8) is 0 Å². The highest BCUT2D eigenvalue weighted by molar-refractivity contribution is 4.69. The molecule has 2 N–H and O–H groups in total. The van der Waals surface area contributed by atoms with Gasteiger partial charge in [-0.3, -0.25) is 0 Å². The Morgan fingerprint density at radius 2 is 1.77 bits per heavy atom. The fourth-order valence-corrected chi connectivity index (χ4v) is 1.55. The van der Waals surface area contributed by atoms with Crippen LogP contribution in [0, 0.1) is 0 Å². The van der Waals surface area contributed by atoms with Gasteiger partial charge in [0.2, 0.25) is 0 Å². The van der Waals surface area contributed by atoms with Crippen LogP contribution < -0.4 is 5.73 Å². The van der Waals surface area contributed by atoms with Crippen molar-refractivity contribution in [3.8, 4) is 0 Å². The second-order valence-corrected chi connectivity index (χ2v) is 3.87. The molecule has 0 spiro atoms. The zero-order valence-corrected chi connectivity index (χ0v) is 9.55. The molecule has 0 aliphatic rings. The Bertz CT molecular complexity index is 104. The Hall–Kier alpha value is -0.0800. The molecule has 0 aromatic heterocycles. The molecule has 2 heteroatoms. The summed E-state index contributed by atoms with van der Waals surface area (Å²) >= 11 is 0. The molecule has 0 aliphatic carbocycles. The van der Waals surface area contributed by atoms with E-state index in [4.69, 9.17) is 5.73 Å². The minimum Gasteiger partial charge on any atom is -0.329 e. The van der Waals surface area contributed by atoms with Gasteiger partial charge in [-0.15, -0.1) is 0 Å². The van der Waals surface area contributed by atoms with Gasteiger partial charge in [-0.1, -0.05) is 33.1 Å². The Kier molecular flexibility index (Phi) is 8.46. The van der Waals surface area contributed by atoms with E-state index in [1.807, 2.05) is 0 Å². The molecule has 0 fully saturated rings. The van der Waals surface area contributed by atoms with Gasteiger partial charge in [0.15, 0.2) is 0 Å². The molecule has 2 nitrogen and oxygen atoms in total. The lowest BCUT2D eigenvalue weighted by Gasteiger charge is -2.26. The number of hydrogen-bond acceptors (Lipinski definition) is 2. The van der Waals surface area contributed by atoms with Crippen LogP contribution in [-0.4, -0.2) is 31.1 Å². The van der Waals surface area contributed by atoms with Crippen molar-refractivity contribution in [1.82, 2.24) is 4.90 Å². The number of nitrogens with two attached hydrogens (primary N) is 1. The molecule has 0 aromatic carbocycles. The summed E-state index contributed by atoms with van der Waals surface area (Å²) < 4.78 is 0. The minimum absolute atomic E-state index is 0.603. The number of hydrogen-bond donors (Lipinski definition) is 1. The number of nitrogens with zero attached hydrogens (tertiary/aromatic N) is 1.